The van der Waals surface area contributed by atoms with Gasteiger partial charge in [0.05, 0.1) is 13.2 Å². The molecule has 0 aliphatic rings. The van der Waals surface area contributed by atoms with E-state index in [0.717, 1.165) is 12.8 Å². The fourth-order valence-corrected chi connectivity index (χ4v) is 2.73. The SMILES string of the molecule is Cc1cccc(C)c1CC(CO)(CO)CC(C)C. The van der Waals surface area contributed by atoms with Crippen molar-refractivity contribution in [3.8, 4) is 0 Å². The highest BCUT2D eigenvalue weighted by Crippen LogP contribution is 2.32. The van der Waals surface area contributed by atoms with Crippen molar-refractivity contribution in [1.29, 1.82) is 0 Å². The van der Waals surface area contributed by atoms with Gasteiger partial charge >= 0.3 is 0 Å². The minimum absolute atomic E-state index is 0.0372. The summed E-state index contributed by atoms with van der Waals surface area (Å²) in [5.41, 5.74) is 3.35. The van der Waals surface area contributed by atoms with E-state index in [0.29, 0.717) is 5.92 Å². The Balaban J connectivity index is 3.03. The average molecular weight is 250 g/mol. The van der Waals surface area contributed by atoms with Gasteiger partial charge in [0.25, 0.3) is 0 Å². The van der Waals surface area contributed by atoms with Crippen LogP contribution in [0.5, 0.6) is 0 Å². The number of hydrogen-bond acceptors (Lipinski definition) is 2. The summed E-state index contributed by atoms with van der Waals surface area (Å²) in [4.78, 5) is 0. The maximum absolute atomic E-state index is 9.71. The third-order valence-corrected chi connectivity index (χ3v) is 3.71. The first-order valence-electron chi connectivity index (χ1n) is 6.71. The Morgan fingerprint density at radius 1 is 1.06 bits per heavy atom. The first kappa shape index (κ1) is 15.2. The number of benzene rings is 1. The Morgan fingerprint density at radius 3 is 1.94 bits per heavy atom. The van der Waals surface area contributed by atoms with Gasteiger partial charge in [-0.15, -0.1) is 0 Å². The number of rotatable bonds is 6. The highest BCUT2D eigenvalue weighted by molar-refractivity contribution is 5.34. The van der Waals surface area contributed by atoms with Crippen LogP contribution in [0, 0.1) is 25.2 Å². The molecular weight excluding hydrogens is 224 g/mol. The van der Waals surface area contributed by atoms with E-state index >= 15 is 0 Å². The van der Waals surface area contributed by atoms with Gasteiger partial charge < -0.3 is 10.2 Å². The normalized spacial score (nSPS) is 12.2. The molecule has 0 amide bonds. The lowest BCUT2D eigenvalue weighted by Gasteiger charge is -2.33. The van der Waals surface area contributed by atoms with Crippen molar-refractivity contribution < 1.29 is 10.2 Å². The van der Waals surface area contributed by atoms with Crippen LogP contribution in [0.25, 0.3) is 0 Å². The maximum Gasteiger partial charge on any atom is 0.0512 e. The van der Waals surface area contributed by atoms with Crippen molar-refractivity contribution in [2.24, 2.45) is 11.3 Å². The van der Waals surface area contributed by atoms with Crippen molar-refractivity contribution >= 4 is 0 Å². The van der Waals surface area contributed by atoms with Crippen LogP contribution in [-0.4, -0.2) is 23.4 Å². The van der Waals surface area contributed by atoms with Gasteiger partial charge in [0.2, 0.25) is 0 Å². The van der Waals surface area contributed by atoms with Crippen molar-refractivity contribution in [3.63, 3.8) is 0 Å². The quantitative estimate of drug-likeness (QED) is 0.815. The van der Waals surface area contributed by atoms with Gasteiger partial charge in [0.15, 0.2) is 0 Å². The summed E-state index contributed by atoms with van der Waals surface area (Å²) in [6.45, 7) is 8.52. The molecule has 18 heavy (non-hydrogen) atoms. The summed E-state index contributed by atoms with van der Waals surface area (Å²) in [5, 5.41) is 19.4. The molecule has 0 fully saturated rings. The van der Waals surface area contributed by atoms with Crippen LogP contribution in [0.1, 0.15) is 37.0 Å². The van der Waals surface area contributed by atoms with Crippen LogP contribution in [0.3, 0.4) is 0 Å². The monoisotopic (exact) mass is 250 g/mol. The van der Waals surface area contributed by atoms with Gasteiger partial charge in [-0.05, 0) is 49.3 Å². The van der Waals surface area contributed by atoms with Gasteiger partial charge in [0, 0.05) is 5.41 Å². The molecule has 1 rings (SSSR count). The van der Waals surface area contributed by atoms with E-state index in [1.807, 2.05) is 0 Å². The van der Waals surface area contributed by atoms with E-state index in [1.165, 1.54) is 16.7 Å². The molecule has 102 valence electrons. The second-order valence-corrected chi connectivity index (χ2v) is 5.96. The highest BCUT2D eigenvalue weighted by atomic mass is 16.3. The standard InChI is InChI=1S/C16H26O2/c1-12(2)8-16(10-17,11-18)9-15-13(3)6-5-7-14(15)4/h5-7,12,17-18H,8-11H2,1-4H3. The van der Waals surface area contributed by atoms with E-state index in [2.05, 4.69) is 45.9 Å². The molecule has 0 bridgehead atoms. The lowest BCUT2D eigenvalue weighted by molar-refractivity contribution is 0.0367. The van der Waals surface area contributed by atoms with Crippen LogP contribution in [-0.2, 0) is 6.42 Å². The predicted octanol–water partition coefficient (Wildman–Crippen LogP) is 2.86. The Labute approximate surface area is 111 Å². The van der Waals surface area contributed by atoms with Gasteiger partial charge in [0.1, 0.15) is 0 Å². The Bertz CT molecular complexity index is 358. The predicted molar refractivity (Wildman–Crippen MR) is 75.7 cm³/mol. The molecule has 2 heteroatoms. The zero-order chi connectivity index (χ0) is 13.8. The Morgan fingerprint density at radius 2 is 1.56 bits per heavy atom. The first-order chi connectivity index (χ1) is 8.44. The molecule has 2 N–H and O–H groups in total. The van der Waals surface area contributed by atoms with Crippen molar-refractivity contribution in [3.05, 3.63) is 34.9 Å². The number of aliphatic hydroxyl groups is 2. The zero-order valence-electron chi connectivity index (χ0n) is 12.0. The minimum atomic E-state index is -0.398. The van der Waals surface area contributed by atoms with Crippen LogP contribution in [0.15, 0.2) is 18.2 Å². The van der Waals surface area contributed by atoms with E-state index < -0.39 is 5.41 Å². The summed E-state index contributed by atoms with van der Waals surface area (Å²) in [5.74, 6) is 0.466. The van der Waals surface area contributed by atoms with Crippen LogP contribution in [0.4, 0.5) is 0 Å². The lowest BCUT2D eigenvalue weighted by Crippen LogP contribution is -2.34. The molecule has 0 unspecified atom stereocenters. The topological polar surface area (TPSA) is 40.5 Å². The van der Waals surface area contributed by atoms with E-state index in [1.54, 1.807) is 0 Å². The summed E-state index contributed by atoms with van der Waals surface area (Å²) >= 11 is 0. The molecule has 0 aromatic heterocycles. The smallest absolute Gasteiger partial charge is 0.0512 e. The summed E-state index contributed by atoms with van der Waals surface area (Å²) in [6.07, 6.45) is 1.59. The second kappa shape index (κ2) is 6.35. The number of hydrogen-bond donors (Lipinski definition) is 2. The molecule has 1 aromatic rings. The summed E-state index contributed by atoms with van der Waals surface area (Å²) < 4.78 is 0. The highest BCUT2D eigenvalue weighted by Gasteiger charge is 2.31. The van der Waals surface area contributed by atoms with E-state index in [-0.39, 0.29) is 13.2 Å². The molecule has 0 aliphatic heterocycles. The average Bonchev–Trinajstić information content (AvgIpc) is 2.32. The van der Waals surface area contributed by atoms with Crippen molar-refractivity contribution in [2.75, 3.05) is 13.2 Å². The van der Waals surface area contributed by atoms with Gasteiger partial charge in [-0.25, -0.2) is 0 Å². The molecule has 0 spiro atoms. The molecule has 0 heterocycles. The Hall–Kier alpha value is -0.860. The molecule has 2 nitrogen and oxygen atoms in total. The number of aryl methyl sites for hydroxylation is 2. The van der Waals surface area contributed by atoms with Gasteiger partial charge in [-0.1, -0.05) is 32.0 Å². The molecule has 1 aromatic carbocycles. The molecule has 0 aliphatic carbocycles. The van der Waals surface area contributed by atoms with E-state index in [9.17, 15) is 10.2 Å². The zero-order valence-corrected chi connectivity index (χ0v) is 12.0. The third kappa shape index (κ3) is 3.56. The fourth-order valence-electron chi connectivity index (χ4n) is 2.73. The summed E-state index contributed by atoms with van der Waals surface area (Å²) in [6, 6.07) is 6.24. The number of aliphatic hydroxyl groups excluding tert-OH is 2. The maximum atomic E-state index is 9.71. The van der Waals surface area contributed by atoms with Crippen molar-refractivity contribution in [2.45, 2.75) is 40.5 Å². The van der Waals surface area contributed by atoms with E-state index in [4.69, 9.17) is 0 Å². The Kier molecular flexibility index (Phi) is 5.36. The van der Waals surface area contributed by atoms with Gasteiger partial charge in [-0.3, -0.25) is 0 Å². The minimum Gasteiger partial charge on any atom is -0.396 e. The lowest BCUT2D eigenvalue weighted by atomic mass is 9.75. The van der Waals surface area contributed by atoms with Crippen LogP contribution >= 0.6 is 0 Å². The molecular formula is C16H26O2. The van der Waals surface area contributed by atoms with Crippen molar-refractivity contribution in [1.82, 2.24) is 0 Å². The first-order valence-corrected chi connectivity index (χ1v) is 6.71. The second-order valence-electron chi connectivity index (χ2n) is 5.96. The fraction of sp³-hybridized carbons (Fsp3) is 0.625. The third-order valence-electron chi connectivity index (χ3n) is 3.71. The molecule has 0 radical (unpaired) electrons. The molecule has 0 atom stereocenters. The molecule has 0 saturated heterocycles. The largest absolute Gasteiger partial charge is 0.396 e. The summed E-state index contributed by atoms with van der Waals surface area (Å²) in [7, 11) is 0. The van der Waals surface area contributed by atoms with Gasteiger partial charge in [-0.2, -0.15) is 0 Å². The van der Waals surface area contributed by atoms with Crippen LogP contribution < -0.4 is 0 Å². The van der Waals surface area contributed by atoms with Crippen LogP contribution in [0.2, 0.25) is 0 Å². The molecule has 0 saturated carbocycles.